The molecule has 0 saturated heterocycles. The van der Waals surface area contributed by atoms with Gasteiger partial charge in [-0.15, -0.1) is 11.3 Å². The number of aromatic nitrogens is 3. The predicted molar refractivity (Wildman–Crippen MR) is 193 cm³/mol. The van der Waals surface area contributed by atoms with Gasteiger partial charge in [-0.2, -0.15) is 0 Å². The molecule has 0 spiro atoms. The Hall–Kier alpha value is -5.91. The van der Waals surface area contributed by atoms with Crippen molar-refractivity contribution < 1.29 is 4.39 Å². The van der Waals surface area contributed by atoms with Crippen molar-refractivity contribution in [2.45, 2.75) is 0 Å². The number of nitrogens with zero attached hydrogens (tertiary/aromatic N) is 3. The Bertz CT molecular complexity index is 2550. The predicted octanol–water partition coefficient (Wildman–Crippen LogP) is 11.6. The lowest BCUT2D eigenvalue weighted by molar-refractivity contribution is 0.628. The van der Waals surface area contributed by atoms with Gasteiger partial charge in [0.05, 0.1) is 16.7 Å². The number of hydrogen-bond acceptors (Lipinski definition) is 3. The Labute approximate surface area is 274 Å². The average molecular weight is 624 g/mol. The number of pyridine rings is 1. The average Bonchev–Trinajstić information content (AvgIpc) is 3.71. The summed E-state index contributed by atoms with van der Waals surface area (Å²) >= 11 is 1.68. The SMILES string of the molecule is Fc1ccc(-c2ccc(-c3nc4ccccc4n3-c3ccc(-c4ccccc4)cc3)c3sc4nc(-c5ccccc5)ccc4c23)cc1. The quantitative estimate of drug-likeness (QED) is 0.191. The van der Waals surface area contributed by atoms with E-state index in [2.05, 4.69) is 108 Å². The first-order valence-corrected chi connectivity index (χ1v) is 16.3. The van der Waals surface area contributed by atoms with Crippen molar-refractivity contribution in [2.24, 2.45) is 0 Å². The molecule has 0 aliphatic heterocycles. The van der Waals surface area contributed by atoms with Crippen molar-refractivity contribution in [1.82, 2.24) is 14.5 Å². The van der Waals surface area contributed by atoms with Crippen molar-refractivity contribution in [2.75, 3.05) is 0 Å². The van der Waals surface area contributed by atoms with Crippen LogP contribution in [-0.4, -0.2) is 14.5 Å². The van der Waals surface area contributed by atoms with E-state index < -0.39 is 0 Å². The van der Waals surface area contributed by atoms with Crippen molar-refractivity contribution in [3.8, 4) is 50.6 Å². The maximum atomic E-state index is 14.0. The van der Waals surface area contributed by atoms with Gasteiger partial charge in [-0.1, -0.05) is 103 Å². The Kier molecular flexibility index (Phi) is 6.51. The van der Waals surface area contributed by atoms with E-state index in [1.54, 1.807) is 11.3 Å². The standard InChI is InChI=1S/C42H26FN3S/c43-31-19-15-29(16-20-31)33-23-24-35(40-39(33)34-25-26-36(45-42(34)47-40)30-11-5-2-6-12-30)41-44-37-13-7-8-14-38(37)46(41)32-21-17-28(18-22-32)27-9-3-1-4-10-27/h1-26H. The Balaban J connectivity index is 1.30. The third-order valence-corrected chi connectivity index (χ3v) is 9.88. The molecule has 9 rings (SSSR count). The third kappa shape index (κ3) is 4.71. The highest BCUT2D eigenvalue weighted by Gasteiger charge is 2.22. The zero-order valence-corrected chi connectivity index (χ0v) is 26.0. The molecule has 6 aromatic carbocycles. The molecule has 3 heterocycles. The zero-order chi connectivity index (χ0) is 31.3. The van der Waals surface area contributed by atoms with Gasteiger partial charge in [-0.05, 0) is 76.9 Å². The van der Waals surface area contributed by atoms with Crippen LogP contribution in [0, 0.1) is 5.82 Å². The van der Waals surface area contributed by atoms with Crippen LogP contribution in [0.5, 0.6) is 0 Å². The fraction of sp³-hybridized carbons (Fsp3) is 0. The van der Waals surface area contributed by atoms with Crippen molar-refractivity contribution in [3.05, 3.63) is 164 Å². The molecular weight excluding hydrogens is 598 g/mol. The summed E-state index contributed by atoms with van der Waals surface area (Å²) in [5, 5.41) is 2.17. The fourth-order valence-corrected chi connectivity index (χ4v) is 7.69. The maximum Gasteiger partial charge on any atom is 0.147 e. The van der Waals surface area contributed by atoms with Gasteiger partial charge < -0.3 is 0 Å². The van der Waals surface area contributed by atoms with Gasteiger partial charge in [0.15, 0.2) is 0 Å². The second kappa shape index (κ2) is 11.2. The van der Waals surface area contributed by atoms with E-state index in [4.69, 9.17) is 9.97 Å². The van der Waals surface area contributed by atoms with Crippen LogP contribution < -0.4 is 0 Å². The largest absolute Gasteiger partial charge is 0.292 e. The van der Waals surface area contributed by atoms with Gasteiger partial charge in [-0.3, -0.25) is 4.57 Å². The zero-order valence-electron chi connectivity index (χ0n) is 25.1. The van der Waals surface area contributed by atoms with Crippen LogP contribution in [0.15, 0.2) is 158 Å². The molecule has 0 radical (unpaired) electrons. The molecule has 0 aliphatic rings. The number of halogens is 1. The molecule has 0 saturated carbocycles. The Morgan fingerprint density at radius 1 is 0.511 bits per heavy atom. The van der Waals surface area contributed by atoms with E-state index in [1.807, 2.05) is 42.5 Å². The summed E-state index contributed by atoms with van der Waals surface area (Å²) in [7, 11) is 0. The number of rotatable bonds is 5. The van der Waals surface area contributed by atoms with Gasteiger partial charge in [0, 0.05) is 32.3 Å². The van der Waals surface area contributed by atoms with E-state index in [9.17, 15) is 4.39 Å². The van der Waals surface area contributed by atoms with E-state index in [1.165, 1.54) is 17.7 Å². The summed E-state index contributed by atoms with van der Waals surface area (Å²) in [6.07, 6.45) is 0. The highest BCUT2D eigenvalue weighted by atomic mass is 32.1. The van der Waals surface area contributed by atoms with E-state index in [0.717, 1.165) is 76.4 Å². The minimum absolute atomic E-state index is 0.252. The van der Waals surface area contributed by atoms with Crippen LogP contribution in [0.25, 0.3) is 81.9 Å². The molecule has 0 aliphatic carbocycles. The Morgan fingerprint density at radius 3 is 1.91 bits per heavy atom. The van der Waals surface area contributed by atoms with Crippen molar-refractivity contribution in [1.29, 1.82) is 0 Å². The number of benzene rings is 6. The lowest BCUT2D eigenvalue weighted by Gasteiger charge is -2.13. The highest BCUT2D eigenvalue weighted by molar-refractivity contribution is 7.26. The summed E-state index contributed by atoms with van der Waals surface area (Å²) in [6.45, 7) is 0. The second-order valence-electron chi connectivity index (χ2n) is 11.6. The maximum absolute atomic E-state index is 14.0. The van der Waals surface area contributed by atoms with Gasteiger partial charge in [0.2, 0.25) is 0 Å². The Morgan fingerprint density at radius 2 is 1.15 bits per heavy atom. The monoisotopic (exact) mass is 623 g/mol. The van der Waals surface area contributed by atoms with Crippen LogP contribution in [0.4, 0.5) is 4.39 Å². The molecule has 0 bridgehead atoms. The molecule has 222 valence electrons. The number of para-hydroxylation sites is 2. The highest BCUT2D eigenvalue weighted by Crippen LogP contribution is 2.45. The van der Waals surface area contributed by atoms with Gasteiger partial charge >= 0.3 is 0 Å². The summed E-state index contributed by atoms with van der Waals surface area (Å²) in [5.41, 5.74) is 10.4. The van der Waals surface area contributed by atoms with Gasteiger partial charge in [-0.25, -0.2) is 14.4 Å². The normalized spacial score (nSPS) is 11.5. The smallest absolute Gasteiger partial charge is 0.147 e. The molecule has 9 aromatic rings. The molecule has 5 heteroatoms. The van der Waals surface area contributed by atoms with E-state index >= 15 is 0 Å². The van der Waals surface area contributed by atoms with E-state index in [-0.39, 0.29) is 5.82 Å². The molecule has 0 unspecified atom stereocenters. The molecular formula is C42H26FN3S. The molecule has 0 atom stereocenters. The number of thiophene rings is 1. The van der Waals surface area contributed by atoms with Crippen LogP contribution in [0.3, 0.4) is 0 Å². The summed E-state index contributed by atoms with van der Waals surface area (Å²) in [6, 6.07) is 53.0. The number of imidazole rings is 1. The second-order valence-corrected chi connectivity index (χ2v) is 12.6. The minimum atomic E-state index is -0.252. The summed E-state index contributed by atoms with van der Waals surface area (Å²) < 4.78 is 17.4. The molecule has 3 aromatic heterocycles. The number of hydrogen-bond donors (Lipinski definition) is 0. The number of fused-ring (bicyclic) bond motifs is 4. The summed E-state index contributed by atoms with van der Waals surface area (Å²) in [5.74, 6) is 0.613. The van der Waals surface area contributed by atoms with Crippen LogP contribution in [-0.2, 0) is 0 Å². The van der Waals surface area contributed by atoms with Crippen LogP contribution in [0.2, 0.25) is 0 Å². The first kappa shape index (κ1) is 27.4. The van der Waals surface area contributed by atoms with Crippen LogP contribution in [0.1, 0.15) is 0 Å². The van der Waals surface area contributed by atoms with Crippen molar-refractivity contribution >= 4 is 42.7 Å². The topological polar surface area (TPSA) is 30.7 Å². The third-order valence-electron chi connectivity index (χ3n) is 8.75. The lowest BCUT2D eigenvalue weighted by atomic mass is 9.97. The minimum Gasteiger partial charge on any atom is -0.292 e. The molecule has 0 amide bonds. The van der Waals surface area contributed by atoms with Crippen molar-refractivity contribution in [3.63, 3.8) is 0 Å². The first-order valence-electron chi connectivity index (χ1n) is 15.5. The summed E-state index contributed by atoms with van der Waals surface area (Å²) in [4.78, 5) is 11.3. The molecule has 47 heavy (non-hydrogen) atoms. The van der Waals surface area contributed by atoms with Gasteiger partial charge in [0.1, 0.15) is 16.5 Å². The first-order chi connectivity index (χ1) is 23.2. The van der Waals surface area contributed by atoms with Crippen LogP contribution >= 0.6 is 11.3 Å². The molecule has 3 nitrogen and oxygen atoms in total. The lowest BCUT2D eigenvalue weighted by Crippen LogP contribution is -1.98. The van der Waals surface area contributed by atoms with E-state index in [0.29, 0.717) is 0 Å². The van der Waals surface area contributed by atoms with Gasteiger partial charge in [0.25, 0.3) is 0 Å². The molecule has 0 N–H and O–H groups in total. The molecule has 0 fully saturated rings. The fourth-order valence-electron chi connectivity index (χ4n) is 6.48.